The number of carbonyl (C=O) groups is 1. The summed E-state index contributed by atoms with van der Waals surface area (Å²) in [7, 11) is 0. The van der Waals surface area contributed by atoms with Crippen LogP contribution < -0.4 is 5.32 Å². The highest BCUT2D eigenvalue weighted by molar-refractivity contribution is 5.85. The van der Waals surface area contributed by atoms with Gasteiger partial charge in [-0.15, -0.1) is 0 Å². The normalized spacial score (nSPS) is 10.1. The van der Waals surface area contributed by atoms with Gasteiger partial charge < -0.3 is 10.4 Å². The maximum absolute atomic E-state index is 10.8. The molecule has 0 saturated heterocycles. The van der Waals surface area contributed by atoms with E-state index in [1.807, 2.05) is 0 Å². The van der Waals surface area contributed by atoms with Crippen molar-refractivity contribution in [2.75, 3.05) is 11.9 Å². The van der Waals surface area contributed by atoms with Crippen molar-refractivity contribution in [3.05, 3.63) is 58.0 Å². The van der Waals surface area contributed by atoms with Gasteiger partial charge in [0.1, 0.15) is 5.82 Å². The van der Waals surface area contributed by atoms with Gasteiger partial charge in [-0.3, -0.25) is 15.1 Å². The molecule has 0 aliphatic carbocycles. The van der Waals surface area contributed by atoms with Crippen molar-refractivity contribution in [2.45, 2.75) is 6.42 Å². The number of aromatic carboxylic acids is 1. The molecule has 0 unspecified atom stereocenters. The molecule has 21 heavy (non-hydrogen) atoms. The predicted molar refractivity (Wildman–Crippen MR) is 74.3 cm³/mol. The average molecular weight is 288 g/mol. The van der Waals surface area contributed by atoms with E-state index in [0.29, 0.717) is 18.8 Å². The summed E-state index contributed by atoms with van der Waals surface area (Å²) in [6.07, 6.45) is 3.23. The average Bonchev–Trinajstić information content (AvgIpc) is 2.48. The quantitative estimate of drug-likeness (QED) is 0.613. The molecule has 2 N–H and O–H groups in total. The number of nitrogens with zero attached hydrogens (tertiary/aromatic N) is 3. The van der Waals surface area contributed by atoms with Gasteiger partial charge in [0.2, 0.25) is 0 Å². The number of aromatic nitrogens is 2. The SMILES string of the molecule is O=C(O)c1cncc(NCCc2ccc([N+](=O)[O-])cc2)n1. The second-order valence-electron chi connectivity index (χ2n) is 4.20. The molecule has 0 aliphatic heterocycles. The zero-order chi connectivity index (χ0) is 15.2. The predicted octanol–water partition coefficient (Wildman–Crippen LogP) is 1.74. The molecule has 0 aliphatic rings. The van der Waals surface area contributed by atoms with Crippen LogP contribution in [0.4, 0.5) is 11.5 Å². The second-order valence-corrected chi connectivity index (χ2v) is 4.20. The monoisotopic (exact) mass is 288 g/mol. The smallest absolute Gasteiger partial charge is 0.356 e. The first-order valence-electron chi connectivity index (χ1n) is 6.09. The number of non-ortho nitro benzene ring substituents is 1. The molecule has 0 bridgehead atoms. The zero-order valence-electron chi connectivity index (χ0n) is 10.9. The van der Waals surface area contributed by atoms with Crippen molar-refractivity contribution >= 4 is 17.5 Å². The Morgan fingerprint density at radius 2 is 2.00 bits per heavy atom. The standard InChI is InChI=1S/C13H12N4O4/c18-13(19)11-7-14-8-12(16-11)15-6-5-9-1-3-10(4-2-9)17(20)21/h1-4,7-8H,5-6H2,(H,15,16)(H,18,19). The van der Waals surface area contributed by atoms with Gasteiger partial charge in [0, 0.05) is 18.7 Å². The van der Waals surface area contributed by atoms with Crippen molar-refractivity contribution < 1.29 is 14.8 Å². The molecular weight excluding hydrogens is 276 g/mol. The molecule has 1 heterocycles. The summed E-state index contributed by atoms with van der Waals surface area (Å²) in [6.45, 7) is 0.509. The van der Waals surface area contributed by atoms with Crippen molar-refractivity contribution in [3.63, 3.8) is 0 Å². The molecule has 2 aromatic rings. The highest BCUT2D eigenvalue weighted by Gasteiger charge is 2.06. The molecule has 0 radical (unpaired) electrons. The van der Waals surface area contributed by atoms with Gasteiger partial charge in [-0.05, 0) is 12.0 Å². The molecule has 108 valence electrons. The number of nitro benzene ring substituents is 1. The van der Waals surface area contributed by atoms with Crippen LogP contribution in [0.2, 0.25) is 0 Å². The molecule has 1 aromatic carbocycles. The number of carboxylic acids is 1. The van der Waals surface area contributed by atoms with E-state index < -0.39 is 10.9 Å². The van der Waals surface area contributed by atoms with E-state index in [1.54, 1.807) is 12.1 Å². The maximum Gasteiger partial charge on any atom is 0.356 e. The summed E-state index contributed by atoms with van der Waals surface area (Å²) in [4.78, 5) is 28.5. The van der Waals surface area contributed by atoms with Gasteiger partial charge in [-0.1, -0.05) is 12.1 Å². The second kappa shape index (κ2) is 6.42. The first kappa shape index (κ1) is 14.4. The molecule has 0 atom stereocenters. The third-order valence-electron chi connectivity index (χ3n) is 2.72. The highest BCUT2D eigenvalue weighted by Crippen LogP contribution is 2.12. The fourth-order valence-electron chi connectivity index (χ4n) is 1.67. The summed E-state index contributed by atoms with van der Waals surface area (Å²) >= 11 is 0. The lowest BCUT2D eigenvalue weighted by atomic mass is 10.1. The van der Waals surface area contributed by atoms with E-state index in [0.717, 1.165) is 5.56 Å². The number of benzene rings is 1. The minimum Gasteiger partial charge on any atom is -0.476 e. The Bertz CT molecular complexity index is 657. The number of nitrogens with one attached hydrogen (secondary N) is 1. The Kier molecular flexibility index (Phi) is 4.39. The Morgan fingerprint density at radius 3 is 2.62 bits per heavy atom. The minimum absolute atomic E-state index is 0.0479. The van der Waals surface area contributed by atoms with Crippen molar-refractivity contribution in [1.29, 1.82) is 0 Å². The van der Waals surface area contributed by atoms with Crippen molar-refractivity contribution in [3.8, 4) is 0 Å². The molecule has 0 spiro atoms. The van der Waals surface area contributed by atoms with Crippen LogP contribution in [0.5, 0.6) is 0 Å². The largest absolute Gasteiger partial charge is 0.476 e. The van der Waals surface area contributed by atoms with Crippen LogP contribution in [0, 0.1) is 10.1 Å². The van der Waals surface area contributed by atoms with Crippen LogP contribution in [-0.2, 0) is 6.42 Å². The summed E-state index contributed by atoms with van der Waals surface area (Å²) in [6, 6.07) is 6.25. The number of hydrogen-bond donors (Lipinski definition) is 2. The van der Waals surface area contributed by atoms with Gasteiger partial charge >= 0.3 is 5.97 Å². The van der Waals surface area contributed by atoms with E-state index in [4.69, 9.17) is 5.11 Å². The van der Waals surface area contributed by atoms with Gasteiger partial charge in [0.05, 0.1) is 17.3 Å². The fourth-order valence-corrected chi connectivity index (χ4v) is 1.67. The summed E-state index contributed by atoms with van der Waals surface area (Å²) in [5, 5.41) is 22.3. The third kappa shape index (κ3) is 3.96. The summed E-state index contributed by atoms with van der Waals surface area (Å²) < 4.78 is 0. The third-order valence-corrected chi connectivity index (χ3v) is 2.72. The van der Waals surface area contributed by atoms with E-state index in [-0.39, 0.29) is 11.4 Å². The van der Waals surface area contributed by atoms with E-state index in [2.05, 4.69) is 15.3 Å². The van der Waals surface area contributed by atoms with Gasteiger partial charge in [0.25, 0.3) is 5.69 Å². The Balaban J connectivity index is 1.90. The number of rotatable bonds is 6. The zero-order valence-corrected chi connectivity index (χ0v) is 10.9. The van der Waals surface area contributed by atoms with Crippen LogP contribution in [0.3, 0.4) is 0 Å². The van der Waals surface area contributed by atoms with Crippen LogP contribution in [0.25, 0.3) is 0 Å². The molecule has 2 rings (SSSR count). The van der Waals surface area contributed by atoms with Crippen molar-refractivity contribution in [1.82, 2.24) is 9.97 Å². The number of hydrogen-bond acceptors (Lipinski definition) is 6. The molecule has 8 nitrogen and oxygen atoms in total. The Labute approximate surface area is 119 Å². The van der Waals surface area contributed by atoms with Gasteiger partial charge in [0.15, 0.2) is 5.69 Å². The van der Waals surface area contributed by atoms with E-state index in [9.17, 15) is 14.9 Å². The van der Waals surface area contributed by atoms with Crippen LogP contribution >= 0.6 is 0 Å². The molecule has 1 aromatic heterocycles. The molecule has 0 fully saturated rings. The van der Waals surface area contributed by atoms with Gasteiger partial charge in [-0.2, -0.15) is 0 Å². The molecular formula is C13H12N4O4. The van der Waals surface area contributed by atoms with Gasteiger partial charge in [-0.25, -0.2) is 9.78 Å². The lowest BCUT2D eigenvalue weighted by Gasteiger charge is -2.05. The summed E-state index contributed by atoms with van der Waals surface area (Å²) in [5.74, 6) is -0.765. The molecule has 8 heteroatoms. The minimum atomic E-state index is -1.14. The number of anilines is 1. The first-order valence-corrected chi connectivity index (χ1v) is 6.09. The number of carboxylic acid groups (broad SMARTS) is 1. The van der Waals surface area contributed by atoms with Crippen LogP contribution in [0.15, 0.2) is 36.7 Å². The van der Waals surface area contributed by atoms with Crippen LogP contribution in [0.1, 0.15) is 16.1 Å². The lowest BCUT2D eigenvalue weighted by Crippen LogP contribution is -2.09. The van der Waals surface area contributed by atoms with E-state index >= 15 is 0 Å². The summed E-state index contributed by atoms with van der Waals surface area (Å²) in [5.41, 5.74) is 0.845. The Morgan fingerprint density at radius 1 is 1.29 bits per heavy atom. The maximum atomic E-state index is 10.8. The number of nitro groups is 1. The fraction of sp³-hybridized carbons (Fsp3) is 0.154. The van der Waals surface area contributed by atoms with E-state index in [1.165, 1.54) is 24.5 Å². The Hall–Kier alpha value is -3.03. The highest BCUT2D eigenvalue weighted by atomic mass is 16.6. The topological polar surface area (TPSA) is 118 Å². The molecule has 0 amide bonds. The van der Waals surface area contributed by atoms with Crippen LogP contribution in [-0.4, -0.2) is 32.5 Å². The first-order chi connectivity index (χ1) is 10.1. The molecule has 0 saturated carbocycles. The lowest BCUT2D eigenvalue weighted by molar-refractivity contribution is -0.384. The van der Waals surface area contributed by atoms with Crippen molar-refractivity contribution in [2.24, 2.45) is 0 Å².